The third-order valence-electron chi connectivity index (χ3n) is 4.17. The predicted molar refractivity (Wildman–Crippen MR) is 88.6 cm³/mol. The van der Waals surface area contributed by atoms with Crippen molar-refractivity contribution in [3.63, 3.8) is 0 Å². The molecule has 0 radical (unpaired) electrons. The van der Waals surface area contributed by atoms with Crippen molar-refractivity contribution >= 4 is 22.5 Å². The van der Waals surface area contributed by atoms with Crippen LogP contribution in [0.3, 0.4) is 0 Å². The minimum Gasteiger partial charge on any atom is -0.369 e. The molecule has 1 aliphatic carbocycles. The van der Waals surface area contributed by atoms with Crippen LogP contribution >= 0.6 is 11.3 Å². The SMILES string of the molecule is CC1CN(C(=O)Nc2nc3c(s2)CCCCC3)CC(C)(C)O1. The molecular formula is C16H25N3O2S. The number of rotatable bonds is 1. The Morgan fingerprint density at radius 1 is 1.36 bits per heavy atom. The van der Waals surface area contributed by atoms with Gasteiger partial charge in [0.15, 0.2) is 5.13 Å². The van der Waals surface area contributed by atoms with Crippen LogP contribution in [0.4, 0.5) is 9.93 Å². The van der Waals surface area contributed by atoms with Gasteiger partial charge in [0.2, 0.25) is 0 Å². The second-order valence-electron chi connectivity index (χ2n) is 6.95. The third kappa shape index (κ3) is 3.60. The lowest BCUT2D eigenvalue weighted by molar-refractivity contribution is -0.116. The van der Waals surface area contributed by atoms with E-state index in [1.807, 2.05) is 25.7 Å². The fourth-order valence-corrected chi connectivity index (χ4v) is 4.40. The van der Waals surface area contributed by atoms with Gasteiger partial charge >= 0.3 is 6.03 Å². The van der Waals surface area contributed by atoms with E-state index in [1.165, 1.54) is 29.8 Å². The summed E-state index contributed by atoms with van der Waals surface area (Å²) in [6.07, 6.45) is 5.93. The van der Waals surface area contributed by atoms with Crippen LogP contribution in [0, 0.1) is 0 Å². The summed E-state index contributed by atoms with van der Waals surface area (Å²) >= 11 is 1.64. The minimum atomic E-state index is -0.297. The number of urea groups is 1. The van der Waals surface area contributed by atoms with E-state index >= 15 is 0 Å². The first kappa shape index (κ1) is 15.7. The highest BCUT2D eigenvalue weighted by atomic mass is 32.1. The summed E-state index contributed by atoms with van der Waals surface area (Å²) in [5, 5.41) is 3.73. The number of hydrogen-bond donors (Lipinski definition) is 1. The highest BCUT2D eigenvalue weighted by Crippen LogP contribution is 2.29. The second-order valence-corrected chi connectivity index (χ2v) is 8.03. The molecule has 0 saturated carbocycles. The Hall–Kier alpha value is -1.14. The molecule has 2 amide bonds. The van der Waals surface area contributed by atoms with Crippen molar-refractivity contribution in [1.29, 1.82) is 0 Å². The Balaban J connectivity index is 1.66. The summed E-state index contributed by atoms with van der Waals surface area (Å²) in [5.41, 5.74) is 0.892. The fraction of sp³-hybridized carbons (Fsp3) is 0.750. The molecule has 5 nitrogen and oxygen atoms in total. The lowest BCUT2D eigenvalue weighted by Crippen LogP contribution is -2.54. The molecule has 0 bridgehead atoms. The number of hydrogen-bond acceptors (Lipinski definition) is 4. The van der Waals surface area contributed by atoms with Crippen LogP contribution in [0.15, 0.2) is 0 Å². The van der Waals surface area contributed by atoms with Gasteiger partial charge in [-0.2, -0.15) is 0 Å². The van der Waals surface area contributed by atoms with Gasteiger partial charge in [-0.1, -0.05) is 6.42 Å². The van der Waals surface area contributed by atoms with Crippen molar-refractivity contribution < 1.29 is 9.53 Å². The van der Waals surface area contributed by atoms with Crippen LogP contribution in [-0.4, -0.2) is 40.7 Å². The zero-order valence-corrected chi connectivity index (χ0v) is 14.5. The van der Waals surface area contributed by atoms with E-state index in [2.05, 4.69) is 10.3 Å². The molecule has 3 rings (SSSR count). The average molecular weight is 323 g/mol. The van der Waals surface area contributed by atoms with Crippen molar-refractivity contribution in [2.24, 2.45) is 0 Å². The molecule has 1 atom stereocenters. The molecule has 1 saturated heterocycles. The van der Waals surface area contributed by atoms with Crippen molar-refractivity contribution in [1.82, 2.24) is 9.88 Å². The Morgan fingerprint density at radius 3 is 2.91 bits per heavy atom. The molecule has 0 aromatic carbocycles. The lowest BCUT2D eigenvalue weighted by atomic mass is 10.1. The van der Waals surface area contributed by atoms with E-state index < -0.39 is 0 Å². The van der Waals surface area contributed by atoms with E-state index in [-0.39, 0.29) is 17.7 Å². The van der Waals surface area contributed by atoms with Gasteiger partial charge in [0.25, 0.3) is 0 Å². The topological polar surface area (TPSA) is 54.5 Å². The maximum Gasteiger partial charge on any atom is 0.323 e. The fourth-order valence-electron chi connectivity index (χ4n) is 3.36. The Morgan fingerprint density at radius 2 is 2.14 bits per heavy atom. The summed E-state index contributed by atoms with van der Waals surface area (Å²) in [4.78, 5) is 20.3. The third-order valence-corrected chi connectivity index (χ3v) is 5.24. The molecule has 1 fully saturated rings. The summed E-state index contributed by atoms with van der Waals surface area (Å²) in [6.45, 7) is 7.28. The molecule has 2 aliphatic rings. The molecule has 1 N–H and O–H groups in total. The number of carbonyl (C=O) groups excluding carboxylic acids is 1. The first-order valence-corrected chi connectivity index (χ1v) is 8.97. The predicted octanol–water partition coefficient (Wildman–Crippen LogP) is 3.44. The molecule has 1 aromatic rings. The molecule has 1 aromatic heterocycles. The van der Waals surface area contributed by atoms with Crippen LogP contribution < -0.4 is 5.32 Å². The molecule has 1 aliphatic heterocycles. The number of fused-ring (bicyclic) bond motifs is 1. The van der Waals surface area contributed by atoms with Crippen LogP contribution in [0.5, 0.6) is 0 Å². The maximum atomic E-state index is 12.5. The number of aromatic nitrogens is 1. The molecule has 22 heavy (non-hydrogen) atoms. The van der Waals surface area contributed by atoms with Gasteiger partial charge < -0.3 is 9.64 Å². The van der Waals surface area contributed by atoms with Crippen LogP contribution in [-0.2, 0) is 17.6 Å². The average Bonchev–Trinajstić information content (AvgIpc) is 2.65. The van der Waals surface area contributed by atoms with Crippen molar-refractivity contribution in [3.05, 3.63) is 10.6 Å². The minimum absolute atomic E-state index is 0.0579. The lowest BCUT2D eigenvalue weighted by Gasteiger charge is -2.41. The number of aryl methyl sites for hydroxylation is 2. The number of ether oxygens (including phenoxy) is 1. The maximum absolute atomic E-state index is 12.5. The molecule has 1 unspecified atom stereocenters. The first-order chi connectivity index (χ1) is 10.4. The molecule has 0 spiro atoms. The van der Waals surface area contributed by atoms with E-state index in [9.17, 15) is 4.79 Å². The van der Waals surface area contributed by atoms with Gasteiger partial charge in [0.1, 0.15) is 0 Å². The summed E-state index contributed by atoms with van der Waals surface area (Å²) in [7, 11) is 0. The second kappa shape index (κ2) is 6.16. The van der Waals surface area contributed by atoms with Crippen molar-refractivity contribution in [3.8, 4) is 0 Å². The molecule has 6 heteroatoms. The van der Waals surface area contributed by atoms with Gasteiger partial charge in [-0.15, -0.1) is 11.3 Å². The number of thiazole rings is 1. The highest BCUT2D eigenvalue weighted by Gasteiger charge is 2.34. The van der Waals surface area contributed by atoms with E-state index in [0.717, 1.165) is 18.0 Å². The number of anilines is 1. The van der Waals surface area contributed by atoms with Crippen LogP contribution in [0.25, 0.3) is 0 Å². The Kier molecular flexibility index (Phi) is 4.41. The summed E-state index contributed by atoms with van der Waals surface area (Å²) < 4.78 is 5.85. The van der Waals surface area contributed by atoms with Crippen LogP contribution in [0.2, 0.25) is 0 Å². The van der Waals surface area contributed by atoms with Crippen molar-refractivity contribution in [2.45, 2.75) is 64.6 Å². The number of carbonyl (C=O) groups is 1. The monoisotopic (exact) mass is 323 g/mol. The molecular weight excluding hydrogens is 298 g/mol. The number of nitrogens with zero attached hydrogens (tertiary/aromatic N) is 2. The van der Waals surface area contributed by atoms with E-state index in [4.69, 9.17) is 4.74 Å². The first-order valence-electron chi connectivity index (χ1n) is 8.15. The zero-order valence-electron chi connectivity index (χ0n) is 13.6. The smallest absolute Gasteiger partial charge is 0.323 e. The largest absolute Gasteiger partial charge is 0.369 e. The zero-order chi connectivity index (χ0) is 15.7. The Labute approximate surface area is 136 Å². The molecule has 122 valence electrons. The van der Waals surface area contributed by atoms with Gasteiger partial charge in [0.05, 0.1) is 23.9 Å². The standard InChI is InChI=1S/C16H25N3O2S/c1-11-9-19(10-16(2,3)21-11)15(20)18-14-17-12-7-5-4-6-8-13(12)22-14/h11H,4-10H2,1-3H3,(H,17,18,20). The number of nitrogens with one attached hydrogen (secondary N) is 1. The van der Waals surface area contributed by atoms with Crippen LogP contribution in [0.1, 0.15) is 50.6 Å². The summed E-state index contributed by atoms with van der Waals surface area (Å²) in [6, 6.07) is -0.0628. The van der Waals surface area contributed by atoms with Gasteiger partial charge in [-0.3, -0.25) is 5.32 Å². The van der Waals surface area contributed by atoms with Gasteiger partial charge in [-0.25, -0.2) is 9.78 Å². The normalized spacial score (nSPS) is 24.5. The Bertz CT molecular complexity index is 532. The van der Waals surface area contributed by atoms with Gasteiger partial charge in [-0.05, 0) is 46.5 Å². The van der Waals surface area contributed by atoms with E-state index in [0.29, 0.717) is 13.1 Å². The van der Waals surface area contributed by atoms with E-state index in [1.54, 1.807) is 11.3 Å². The number of morpholine rings is 1. The quantitative estimate of drug-likeness (QED) is 0.806. The summed E-state index contributed by atoms with van der Waals surface area (Å²) in [5.74, 6) is 0. The highest BCUT2D eigenvalue weighted by molar-refractivity contribution is 7.15. The molecule has 2 heterocycles. The van der Waals surface area contributed by atoms with Crippen molar-refractivity contribution in [2.75, 3.05) is 18.4 Å². The van der Waals surface area contributed by atoms with Gasteiger partial charge in [0, 0.05) is 11.4 Å². The number of amides is 2.